The number of aromatic nitrogens is 4. The fourth-order valence-corrected chi connectivity index (χ4v) is 4.20. The number of carbonyl (C=O) groups excluding carboxylic acids is 2. The predicted molar refractivity (Wildman–Crippen MR) is 117 cm³/mol. The summed E-state index contributed by atoms with van der Waals surface area (Å²) in [6.07, 6.45) is 5.07. The highest BCUT2D eigenvalue weighted by Crippen LogP contribution is 2.17. The van der Waals surface area contributed by atoms with E-state index in [-0.39, 0.29) is 30.1 Å². The van der Waals surface area contributed by atoms with Gasteiger partial charge in [-0.25, -0.2) is 9.97 Å². The monoisotopic (exact) mass is 442 g/mol. The molecule has 32 heavy (non-hydrogen) atoms. The maximum Gasteiger partial charge on any atom is 0.270 e. The number of amides is 2. The molecule has 2 aromatic rings. The summed E-state index contributed by atoms with van der Waals surface area (Å²) in [4.78, 5) is 36.2. The molecule has 11 heteroatoms. The van der Waals surface area contributed by atoms with E-state index in [9.17, 15) is 14.7 Å². The van der Waals surface area contributed by atoms with Crippen LogP contribution in [0.2, 0.25) is 0 Å². The van der Waals surface area contributed by atoms with Crippen LogP contribution in [-0.2, 0) is 17.8 Å². The minimum Gasteiger partial charge on any atom is -0.390 e. The van der Waals surface area contributed by atoms with Crippen LogP contribution >= 0.6 is 0 Å². The van der Waals surface area contributed by atoms with Crippen molar-refractivity contribution in [2.45, 2.75) is 44.9 Å². The smallest absolute Gasteiger partial charge is 0.270 e. The van der Waals surface area contributed by atoms with Gasteiger partial charge >= 0.3 is 0 Å². The van der Waals surface area contributed by atoms with Crippen LogP contribution in [0, 0.1) is 0 Å². The Morgan fingerprint density at radius 1 is 1.28 bits per heavy atom. The maximum atomic E-state index is 12.5. The highest BCUT2D eigenvalue weighted by atomic mass is 16.3. The van der Waals surface area contributed by atoms with Gasteiger partial charge < -0.3 is 20.6 Å². The largest absolute Gasteiger partial charge is 0.390 e. The molecule has 0 aliphatic carbocycles. The molecule has 4 rings (SSSR count). The van der Waals surface area contributed by atoms with Crippen LogP contribution in [-0.4, -0.2) is 91.8 Å². The summed E-state index contributed by atoms with van der Waals surface area (Å²) in [7, 11) is 0. The molecular formula is C21H30N8O3. The second-order valence-corrected chi connectivity index (χ2v) is 8.44. The first-order chi connectivity index (χ1) is 15.5. The normalized spacial score (nSPS) is 18.1. The zero-order chi connectivity index (χ0) is 22.5. The average molecular weight is 443 g/mol. The van der Waals surface area contributed by atoms with E-state index in [1.165, 1.54) is 11.9 Å². The molecule has 0 aromatic carbocycles. The van der Waals surface area contributed by atoms with Gasteiger partial charge in [0, 0.05) is 58.3 Å². The summed E-state index contributed by atoms with van der Waals surface area (Å²) in [5.41, 5.74) is 2.55. The van der Waals surface area contributed by atoms with Crippen molar-refractivity contribution < 1.29 is 14.7 Å². The molecule has 2 aliphatic heterocycles. The third-order valence-corrected chi connectivity index (χ3v) is 6.05. The molecule has 0 unspecified atom stereocenters. The third kappa shape index (κ3) is 5.60. The van der Waals surface area contributed by atoms with Crippen molar-refractivity contribution in [2.75, 3.05) is 38.0 Å². The molecule has 4 heterocycles. The first-order valence-electron chi connectivity index (χ1n) is 11.0. The molecular weight excluding hydrogens is 412 g/mol. The van der Waals surface area contributed by atoms with Crippen LogP contribution < -0.4 is 10.6 Å². The van der Waals surface area contributed by atoms with Gasteiger partial charge in [0.1, 0.15) is 17.8 Å². The number of hydrogen-bond donors (Lipinski definition) is 4. The topological polar surface area (TPSA) is 139 Å². The number of nitrogens with one attached hydrogen (secondary N) is 3. The van der Waals surface area contributed by atoms with Crippen molar-refractivity contribution in [3.05, 3.63) is 35.5 Å². The summed E-state index contributed by atoms with van der Waals surface area (Å²) in [6.45, 7) is 5.18. The Bertz CT molecular complexity index is 941. The number of aliphatic hydroxyl groups is 1. The van der Waals surface area contributed by atoms with Crippen molar-refractivity contribution in [3.63, 3.8) is 0 Å². The highest BCUT2D eigenvalue weighted by Gasteiger charge is 2.22. The number of aliphatic hydroxyl groups excluding tert-OH is 1. The minimum atomic E-state index is -0.686. The van der Waals surface area contributed by atoms with Crippen LogP contribution in [0.25, 0.3) is 0 Å². The molecule has 2 aliphatic rings. The Morgan fingerprint density at radius 2 is 2.09 bits per heavy atom. The van der Waals surface area contributed by atoms with Gasteiger partial charge in [-0.05, 0) is 24.8 Å². The molecule has 172 valence electrons. The molecule has 2 amide bonds. The molecule has 1 atom stereocenters. The number of fused-ring (bicyclic) bond motifs is 1. The number of carbonyl (C=O) groups is 2. The first-order valence-corrected chi connectivity index (χ1v) is 11.0. The molecule has 11 nitrogen and oxygen atoms in total. The van der Waals surface area contributed by atoms with E-state index in [0.717, 1.165) is 31.5 Å². The number of aromatic amines is 1. The van der Waals surface area contributed by atoms with E-state index >= 15 is 0 Å². The van der Waals surface area contributed by atoms with Gasteiger partial charge in [0.15, 0.2) is 0 Å². The zero-order valence-corrected chi connectivity index (χ0v) is 18.3. The number of likely N-dealkylation sites (tertiary alicyclic amines) is 1. The van der Waals surface area contributed by atoms with Gasteiger partial charge in [-0.2, -0.15) is 5.10 Å². The molecule has 2 aromatic heterocycles. The SMILES string of the molecule is CC(=O)N1CCC(Nc2cc(C(=O)NC[C@H](O)CN3CCc4cn[nH]c4C3)ncn2)CC1. The molecule has 0 saturated carbocycles. The molecule has 4 N–H and O–H groups in total. The molecule has 0 radical (unpaired) electrons. The van der Waals surface area contributed by atoms with Crippen molar-refractivity contribution in [1.82, 2.24) is 35.3 Å². The number of nitrogens with zero attached hydrogens (tertiary/aromatic N) is 5. The lowest BCUT2D eigenvalue weighted by molar-refractivity contribution is -0.129. The Balaban J connectivity index is 1.23. The number of hydrogen-bond acceptors (Lipinski definition) is 8. The lowest BCUT2D eigenvalue weighted by Gasteiger charge is -2.31. The number of H-pyrrole nitrogens is 1. The van der Waals surface area contributed by atoms with Gasteiger partial charge in [-0.1, -0.05) is 0 Å². The molecule has 1 saturated heterocycles. The van der Waals surface area contributed by atoms with Crippen LogP contribution in [0.1, 0.15) is 41.5 Å². The Morgan fingerprint density at radius 3 is 2.88 bits per heavy atom. The number of β-amino-alcohol motifs (C(OH)–C–C–N with tert-alkyl or cyclic N) is 1. The third-order valence-electron chi connectivity index (χ3n) is 6.05. The van der Waals surface area contributed by atoms with E-state index in [1.54, 1.807) is 13.0 Å². The maximum absolute atomic E-state index is 12.5. The predicted octanol–water partition coefficient (Wildman–Crippen LogP) is -0.228. The van der Waals surface area contributed by atoms with E-state index < -0.39 is 6.10 Å². The fourth-order valence-electron chi connectivity index (χ4n) is 4.20. The Labute approximate surface area is 186 Å². The number of piperidine rings is 1. The summed E-state index contributed by atoms with van der Waals surface area (Å²) in [5.74, 6) is 0.323. The second kappa shape index (κ2) is 10.0. The fraction of sp³-hybridized carbons (Fsp3) is 0.571. The van der Waals surface area contributed by atoms with Crippen LogP contribution in [0.3, 0.4) is 0 Å². The van der Waals surface area contributed by atoms with Crippen molar-refractivity contribution in [1.29, 1.82) is 0 Å². The van der Waals surface area contributed by atoms with E-state index in [0.29, 0.717) is 32.0 Å². The van der Waals surface area contributed by atoms with Crippen LogP contribution in [0.5, 0.6) is 0 Å². The van der Waals surface area contributed by atoms with E-state index in [1.807, 2.05) is 11.1 Å². The van der Waals surface area contributed by atoms with Crippen LogP contribution in [0.15, 0.2) is 18.6 Å². The number of anilines is 1. The summed E-state index contributed by atoms with van der Waals surface area (Å²) in [5, 5.41) is 23.5. The minimum absolute atomic E-state index is 0.0953. The van der Waals surface area contributed by atoms with Crippen molar-refractivity contribution >= 4 is 17.6 Å². The van der Waals surface area contributed by atoms with Crippen LogP contribution in [0.4, 0.5) is 5.82 Å². The Kier molecular flexibility index (Phi) is 6.96. The molecule has 0 bridgehead atoms. The van der Waals surface area contributed by atoms with Gasteiger partial charge in [0.2, 0.25) is 5.91 Å². The highest BCUT2D eigenvalue weighted by molar-refractivity contribution is 5.92. The molecule has 1 fully saturated rings. The quantitative estimate of drug-likeness (QED) is 0.461. The van der Waals surface area contributed by atoms with Gasteiger partial charge in [0.05, 0.1) is 18.0 Å². The standard InChI is InChI=1S/C21H30N8O3/c1-14(30)29-6-3-16(4-7-29)26-20-8-18(23-13-24-20)21(32)22-10-17(31)11-28-5-2-15-9-25-27-19(15)12-28/h8-9,13,16-17,31H,2-7,10-12H2,1H3,(H,22,32)(H,25,27)(H,23,24,26)/t17-/m0/s1. The zero-order valence-electron chi connectivity index (χ0n) is 18.3. The summed E-state index contributed by atoms with van der Waals surface area (Å²) < 4.78 is 0. The number of rotatable bonds is 7. The average Bonchev–Trinajstić information content (AvgIpc) is 3.26. The van der Waals surface area contributed by atoms with Crippen molar-refractivity contribution in [3.8, 4) is 0 Å². The van der Waals surface area contributed by atoms with Crippen molar-refractivity contribution in [2.24, 2.45) is 0 Å². The molecule has 0 spiro atoms. The lowest BCUT2D eigenvalue weighted by atomic mass is 10.1. The van der Waals surface area contributed by atoms with Gasteiger partial charge in [-0.15, -0.1) is 0 Å². The first kappa shape index (κ1) is 22.2. The Hall–Kier alpha value is -3.05. The van der Waals surface area contributed by atoms with Gasteiger partial charge in [0.25, 0.3) is 5.91 Å². The van der Waals surface area contributed by atoms with Gasteiger partial charge in [-0.3, -0.25) is 19.6 Å². The summed E-state index contributed by atoms with van der Waals surface area (Å²) >= 11 is 0. The summed E-state index contributed by atoms with van der Waals surface area (Å²) in [6, 6.07) is 1.81. The second-order valence-electron chi connectivity index (χ2n) is 8.44. The lowest BCUT2D eigenvalue weighted by Crippen LogP contribution is -2.42. The van der Waals surface area contributed by atoms with E-state index in [2.05, 4.69) is 35.7 Å². The van der Waals surface area contributed by atoms with E-state index in [4.69, 9.17) is 0 Å².